The van der Waals surface area contributed by atoms with Gasteiger partial charge in [-0.2, -0.15) is 0 Å². The van der Waals surface area contributed by atoms with Gasteiger partial charge in [-0.05, 0) is 13.0 Å². The maximum absolute atomic E-state index is 5.93. The van der Waals surface area contributed by atoms with E-state index in [1.165, 1.54) is 11.9 Å². The third kappa shape index (κ3) is 3.86. The quantitative estimate of drug-likeness (QED) is 0.661. The van der Waals surface area contributed by atoms with Gasteiger partial charge in [-0.15, -0.1) is 0 Å². The van der Waals surface area contributed by atoms with Gasteiger partial charge in [0.15, 0.2) is 11.5 Å². The molecule has 0 amide bonds. The highest BCUT2D eigenvalue weighted by Crippen LogP contribution is 2.33. The first-order valence-corrected chi connectivity index (χ1v) is 7.07. The summed E-state index contributed by atoms with van der Waals surface area (Å²) in [6.45, 7) is 2.08. The average Bonchev–Trinajstić information content (AvgIpc) is 2.55. The minimum absolute atomic E-state index is 0.404. The Morgan fingerprint density at radius 2 is 1.55 bits per heavy atom. The first-order chi connectivity index (χ1) is 10.7. The molecule has 0 radical (unpaired) electrons. The molecule has 114 valence electrons. The summed E-state index contributed by atoms with van der Waals surface area (Å²) in [6, 6.07) is 13.8. The van der Waals surface area contributed by atoms with E-state index in [0.29, 0.717) is 16.7 Å². The fourth-order valence-corrected chi connectivity index (χ4v) is 2.08. The molecule has 0 unspecified atom stereocenters. The maximum atomic E-state index is 5.93. The van der Waals surface area contributed by atoms with Crippen molar-refractivity contribution in [2.45, 2.75) is 6.92 Å². The molecule has 3 rings (SSSR count). The van der Waals surface area contributed by atoms with Gasteiger partial charge in [-0.25, -0.2) is 9.97 Å². The Balaban J connectivity index is 0.000000211. The Labute approximate surface area is 134 Å². The first kappa shape index (κ1) is 16.0. The molecule has 0 aliphatic carbocycles. The summed E-state index contributed by atoms with van der Waals surface area (Å²) in [7, 11) is 3.15. The van der Waals surface area contributed by atoms with Crippen molar-refractivity contribution in [2.24, 2.45) is 0 Å². The van der Waals surface area contributed by atoms with Crippen LogP contribution in [0.2, 0.25) is 5.15 Å². The number of halogens is 1. The SMILES string of the molecule is COc1cc2ncnc(Cl)c2cc1OC.Cc1ccccc1. The number of nitrogens with zero attached hydrogens (tertiary/aromatic N) is 2. The normalized spacial score (nSPS) is 9.82. The van der Waals surface area contributed by atoms with Crippen LogP contribution >= 0.6 is 11.6 Å². The second-order valence-corrected chi connectivity index (χ2v) is 4.90. The first-order valence-electron chi connectivity index (χ1n) is 6.69. The Morgan fingerprint density at radius 3 is 2.09 bits per heavy atom. The highest BCUT2D eigenvalue weighted by molar-refractivity contribution is 6.34. The lowest BCUT2D eigenvalue weighted by Gasteiger charge is -2.08. The summed E-state index contributed by atoms with van der Waals surface area (Å²) in [5, 5.41) is 1.15. The minimum atomic E-state index is 0.404. The number of aryl methyl sites for hydroxylation is 1. The van der Waals surface area contributed by atoms with E-state index in [9.17, 15) is 0 Å². The number of methoxy groups -OCH3 is 2. The molecule has 0 aliphatic heterocycles. The van der Waals surface area contributed by atoms with Crippen LogP contribution in [-0.2, 0) is 0 Å². The number of aromatic nitrogens is 2. The van der Waals surface area contributed by atoms with Gasteiger partial charge >= 0.3 is 0 Å². The Morgan fingerprint density at radius 1 is 0.909 bits per heavy atom. The Kier molecular flexibility index (Phi) is 5.55. The van der Waals surface area contributed by atoms with E-state index < -0.39 is 0 Å². The highest BCUT2D eigenvalue weighted by Gasteiger charge is 2.09. The van der Waals surface area contributed by atoms with Gasteiger partial charge in [-0.3, -0.25) is 0 Å². The fourth-order valence-electron chi connectivity index (χ4n) is 1.89. The molecular weight excluding hydrogens is 300 g/mol. The van der Waals surface area contributed by atoms with Crippen LogP contribution in [0, 0.1) is 6.92 Å². The molecule has 0 bridgehead atoms. The lowest BCUT2D eigenvalue weighted by atomic mass is 10.2. The molecule has 0 spiro atoms. The van der Waals surface area contributed by atoms with Crippen molar-refractivity contribution in [1.82, 2.24) is 9.97 Å². The molecule has 0 saturated carbocycles. The molecule has 0 aliphatic rings. The van der Waals surface area contributed by atoms with Crippen molar-refractivity contribution in [3.8, 4) is 11.5 Å². The number of benzene rings is 2. The predicted molar refractivity (Wildman–Crippen MR) is 88.8 cm³/mol. The van der Waals surface area contributed by atoms with Gasteiger partial charge < -0.3 is 9.47 Å². The molecule has 0 atom stereocenters. The van der Waals surface area contributed by atoms with Crippen molar-refractivity contribution in [3.63, 3.8) is 0 Å². The molecule has 1 heterocycles. The highest BCUT2D eigenvalue weighted by atomic mass is 35.5. The van der Waals surface area contributed by atoms with Crippen molar-refractivity contribution in [3.05, 3.63) is 59.5 Å². The van der Waals surface area contributed by atoms with E-state index in [1.807, 2.05) is 18.2 Å². The van der Waals surface area contributed by atoms with Gasteiger partial charge in [0.2, 0.25) is 0 Å². The molecule has 0 fully saturated rings. The van der Waals surface area contributed by atoms with Crippen LogP contribution in [0.25, 0.3) is 10.9 Å². The molecule has 4 nitrogen and oxygen atoms in total. The van der Waals surface area contributed by atoms with Crippen LogP contribution in [0.3, 0.4) is 0 Å². The summed E-state index contributed by atoms with van der Waals surface area (Å²) < 4.78 is 10.3. The zero-order valence-corrected chi connectivity index (χ0v) is 13.5. The second-order valence-electron chi connectivity index (χ2n) is 4.54. The monoisotopic (exact) mass is 316 g/mol. The molecule has 0 N–H and O–H groups in total. The largest absolute Gasteiger partial charge is 0.493 e. The number of hydrogen-bond donors (Lipinski definition) is 0. The Hall–Kier alpha value is -2.33. The Bertz CT molecular complexity index is 748. The van der Waals surface area contributed by atoms with Gasteiger partial charge in [0.1, 0.15) is 11.5 Å². The smallest absolute Gasteiger partial charge is 0.162 e. The van der Waals surface area contributed by atoms with E-state index in [2.05, 4.69) is 29.0 Å². The summed E-state index contributed by atoms with van der Waals surface area (Å²) in [5.74, 6) is 1.24. The number of fused-ring (bicyclic) bond motifs is 1. The molecular formula is C17H17ClN2O2. The van der Waals surface area contributed by atoms with E-state index in [4.69, 9.17) is 21.1 Å². The van der Waals surface area contributed by atoms with Crippen LogP contribution in [0.15, 0.2) is 48.8 Å². The van der Waals surface area contributed by atoms with Gasteiger partial charge in [0.25, 0.3) is 0 Å². The van der Waals surface area contributed by atoms with Crippen LogP contribution in [0.4, 0.5) is 0 Å². The molecule has 0 saturated heterocycles. The van der Waals surface area contributed by atoms with E-state index in [0.717, 1.165) is 10.9 Å². The van der Waals surface area contributed by atoms with Crippen molar-refractivity contribution in [1.29, 1.82) is 0 Å². The number of hydrogen-bond acceptors (Lipinski definition) is 4. The van der Waals surface area contributed by atoms with Gasteiger partial charge in [0, 0.05) is 11.5 Å². The topological polar surface area (TPSA) is 44.2 Å². The molecule has 5 heteroatoms. The van der Waals surface area contributed by atoms with Gasteiger partial charge in [0.05, 0.1) is 19.7 Å². The maximum Gasteiger partial charge on any atom is 0.162 e. The van der Waals surface area contributed by atoms with Crippen molar-refractivity contribution in [2.75, 3.05) is 14.2 Å². The van der Waals surface area contributed by atoms with Crippen LogP contribution in [0.5, 0.6) is 11.5 Å². The molecule has 3 aromatic rings. The average molecular weight is 317 g/mol. The zero-order chi connectivity index (χ0) is 15.9. The summed E-state index contributed by atoms with van der Waals surface area (Å²) >= 11 is 5.93. The standard InChI is InChI=1S/C10H9ClN2O2.C7H8/c1-14-8-3-6-7(4-9(8)15-2)12-5-13-10(6)11;1-7-5-3-2-4-6-7/h3-5H,1-2H3;2-6H,1H3. The van der Waals surface area contributed by atoms with Gasteiger partial charge in [-0.1, -0.05) is 47.5 Å². The lowest BCUT2D eigenvalue weighted by molar-refractivity contribution is 0.356. The zero-order valence-electron chi connectivity index (χ0n) is 12.7. The fraction of sp³-hybridized carbons (Fsp3) is 0.176. The van der Waals surface area contributed by atoms with E-state index in [1.54, 1.807) is 26.4 Å². The number of rotatable bonds is 2. The predicted octanol–water partition coefficient (Wildman–Crippen LogP) is 4.30. The molecule has 22 heavy (non-hydrogen) atoms. The summed E-state index contributed by atoms with van der Waals surface area (Å²) in [6.07, 6.45) is 1.41. The van der Waals surface area contributed by atoms with Crippen molar-refractivity contribution < 1.29 is 9.47 Å². The summed E-state index contributed by atoms with van der Waals surface area (Å²) in [5.41, 5.74) is 2.05. The number of ether oxygens (including phenoxy) is 2. The second kappa shape index (κ2) is 7.61. The summed E-state index contributed by atoms with van der Waals surface area (Å²) in [4.78, 5) is 7.99. The van der Waals surface area contributed by atoms with E-state index >= 15 is 0 Å². The lowest BCUT2D eigenvalue weighted by Crippen LogP contribution is -1.92. The third-order valence-electron chi connectivity index (χ3n) is 3.03. The van der Waals surface area contributed by atoms with E-state index in [-0.39, 0.29) is 0 Å². The van der Waals surface area contributed by atoms with Crippen LogP contribution in [-0.4, -0.2) is 24.2 Å². The third-order valence-corrected chi connectivity index (χ3v) is 3.33. The van der Waals surface area contributed by atoms with Crippen LogP contribution in [0.1, 0.15) is 5.56 Å². The van der Waals surface area contributed by atoms with Crippen LogP contribution < -0.4 is 9.47 Å². The molecule has 2 aromatic carbocycles. The van der Waals surface area contributed by atoms with Crippen molar-refractivity contribution >= 4 is 22.5 Å². The molecule has 1 aromatic heterocycles. The minimum Gasteiger partial charge on any atom is -0.493 e.